The second kappa shape index (κ2) is 5.44. The Hall–Kier alpha value is -1.89. The molecule has 0 bridgehead atoms. The minimum Gasteiger partial charge on any atom is -0.285 e. The van der Waals surface area contributed by atoms with Gasteiger partial charge in [0.25, 0.3) is 0 Å². The maximum atomic E-state index is 4.57. The van der Waals surface area contributed by atoms with Crippen molar-refractivity contribution in [2.45, 2.75) is 19.9 Å². The number of rotatable bonds is 3. The van der Waals surface area contributed by atoms with Crippen molar-refractivity contribution < 1.29 is 0 Å². The molecule has 1 heteroatoms. The van der Waals surface area contributed by atoms with Gasteiger partial charge in [-0.25, -0.2) is 0 Å². The molecule has 0 amide bonds. The van der Waals surface area contributed by atoms with Crippen molar-refractivity contribution >= 4 is 6.21 Å². The molecule has 0 aromatic heterocycles. The summed E-state index contributed by atoms with van der Waals surface area (Å²) in [5, 5.41) is 0. The lowest BCUT2D eigenvalue weighted by atomic mass is 10.1. The van der Waals surface area contributed by atoms with Gasteiger partial charge in [-0.2, -0.15) is 0 Å². The molecule has 1 nitrogen and oxygen atoms in total. The van der Waals surface area contributed by atoms with E-state index in [0.717, 1.165) is 5.56 Å². The van der Waals surface area contributed by atoms with Gasteiger partial charge < -0.3 is 0 Å². The Morgan fingerprint density at radius 1 is 0.941 bits per heavy atom. The van der Waals surface area contributed by atoms with Gasteiger partial charge in [-0.05, 0) is 25.0 Å². The fraction of sp³-hybridized carbons (Fsp3) is 0.188. The number of aryl methyl sites for hydroxylation is 1. The van der Waals surface area contributed by atoms with Gasteiger partial charge >= 0.3 is 0 Å². The molecule has 0 saturated carbocycles. The summed E-state index contributed by atoms with van der Waals surface area (Å²) in [6.07, 6.45) is 1.94. The first-order valence-corrected chi connectivity index (χ1v) is 5.90. The highest BCUT2D eigenvalue weighted by Gasteiger charge is 2.00. The van der Waals surface area contributed by atoms with E-state index >= 15 is 0 Å². The monoisotopic (exact) mass is 223 g/mol. The number of hydrogen-bond acceptors (Lipinski definition) is 1. The number of aliphatic imine (C=N–C) groups is 1. The van der Waals surface area contributed by atoms with E-state index in [9.17, 15) is 0 Å². The topological polar surface area (TPSA) is 12.4 Å². The van der Waals surface area contributed by atoms with Gasteiger partial charge in [-0.15, -0.1) is 0 Å². The molecule has 0 N–H and O–H groups in total. The van der Waals surface area contributed by atoms with Crippen LogP contribution in [0.2, 0.25) is 0 Å². The predicted molar refractivity (Wildman–Crippen MR) is 73.6 cm³/mol. The largest absolute Gasteiger partial charge is 0.285 e. The van der Waals surface area contributed by atoms with Gasteiger partial charge in [0.05, 0.1) is 6.04 Å². The highest BCUT2D eigenvalue weighted by molar-refractivity contribution is 5.79. The van der Waals surface area contributed by atoms with Crippen LogP contribution >= 0.6 is 0 Å². The lowest BCUT2D eigenvalue weighted by molar-refractivity contribution is 0.825. The third-order valence-corrected chi connectivity index (χ3v) is 2.81. The molecular weight excluding hydrogens is 206 g/mol. The third-order valence-electron chi connectivity index (χ3n) is 2.81. The summed E-state index contributed by atoms with van der Waals surface area (Å²) in [4.78, 5) is 4.57. The molecule has 0 aliphatic carbocycles. The SMILES string of the molecule is Cc1ccc(C=NC(C)c2ccccc2)cc1. The summed E-state index contributed by atoms with van der Waals surface area (Å²) >= 11 is 0. The van der Waals surface area contributed by atoms with Gasteiger partial charge in [0.2, 0.25) is 0 Å². The molecule has 0 saturated heterocycles. The maximum absolute atomic E-state index is 4.57. The second-order valence-corrected chi connectivity index (χ2v) is 4.28. The molecule has 0 aliphatic heterocycles. The van der Waals surface area contributed by atoms with Crippen LogP contribution in [0.25, 0.3) is 0 Å². The Balaban J connectivity index is 2.08. The Morgan fingerprint density at radius 2 is 1.59 bits per heavy atom. The molecule has 0 heterocycles. The van der Waals surface area contributed by atoms with E-state index in [1.807, 2.05) is 24.4 Å². The minimum absolute atomic E-state index is 0.206. The zero-order valence-corrected chi connectivity index (χ0v) is 10.3. The van der Waals surface area contributed by atoms with Gasteiger partial charge in [-0.3, -0.25) is 4.99 Å². The normalized spacial score (nSPS) is 12.8. The summed E-state index contributed by atoms with van der Waals surface area (Å²) in [6, 6.07) is 18.9. The quantitative estimate of drug-likeness (QED) is 0.692. The molecule has 0 radical (unpaired) electrons. The highest BCUT2D eigenvalue weighted by atomic mass is 14.8. The lowest BCUT2D eigenvalue weighted by Crippen LogP contribution is -1.90. The first-order chi connectivity index (χ1) is 8.25. The molecule has 0 aliphatic rings. The van der Waals surface area contributed by atoms with Gasteiger partial charge in [0.1, 0.15) is 0 Å². The van der Waals surface area contributed by atoms with E-state index in [0.29, 0.717) is 0 Å². The molecule has 1 unspecified atom stereocenters. The van der Waals surface area contributed by atoms with Gasteiger partial charge in [0, 0.05) is 6.21 Å². The fourth-order valence-electron chi connectivity index (χ4n) is 1.67. The minimum atomic E-state index is 0.206. The molecule has 86 valence electrons. The van der Waals surface area contributed by atoms with E-state index in [-0.39, 0.29) is 6.04 Å². The van der Waals surface area contributed by atoms with Crippen LogP contribution in [-0.2, 0) is 0 Å². The second-order valence-electron chi connectivity index (χ2n) is 4.28. The molecule has 0 fully saturated rings. The van der Waals surface area contributed by atoms with Gasteiger partial charge in [0.15, 0.2) is 0 Å². The summed E-state index contributed by atoms with van der Waals surface area (Å²) in [5.41, 5.74) is 3.67. The standard InChI is InChI=1S/C16H17N/c1-13-8-10-15(11-9-13)12-17-14(2)16-6-4-3-5-7-16/h3-12,14H,1-2H3. The Morgan fingerprint density at radius 3 is 2.24 bits per heavy atom. The predicted octanol–water partition coefficient (Wildman–Crippen LogP) is 4.18. The third kappa shape index (κ3) is 3.28. The lowest BCUT2D eigenvalue weighted by Gasteiger charge is -2.05. The summed E-state index contributed by atoms with van der Waals surface area (Å²) in [7, 11) is 0. The van der Waals surface area contributed by atoms with E-state index in [2.05, 4.69) is 55.2 Å². The van der Waals surface area contributed by atoms with Crippen LogP contribution in [0.5, 0.6) is 0 Å². The molecule has 2 aromatic rings. The summed E-state index contributed by atoms with van der Waals surface area (Å²) in [5.74, 6) is 0. The molecule has 0 spiro atoms. The molecule has 2 aromatic carbocycles. The highest BCUT2D eigenvalue weighted by Crippen LogP contribution is 2.15. The van der Waals surface area contributed by atoms with Crippen molar-refractivity contribution in [3.05, 3.63) is 71.3 Å². The summed E-state index contributed by atoms with van der Waals surface area (Å²) < 4.78 is 0. The van der Waals surface area contributed by atoms with Crippen molar-refractivity contribution in [2.24, 2.45) is 4.99 Å². The fourth-order valence-corrected chi connectivity index (χ4v) is 1.67. The Kier molecular flexibility index (Phi) is 3.71. The van der Waals surface area contributed by atoms with Crippen LogP contribution in [-0.4, -0.2) is 6.21 Å². The van der Waals surface area contributed by atoms with Crippen molar-refractivity contribution in [3.63, 3.8) is 0 Å². The van der Waals surface area contributed by atoms with Crippen LogP contribution in [0.1, 0.15) is 29.7 Å². The smallest absolute Gasteiger partial charge is 0.0721 e. The number of nitrogens with zero attached hydrogens (tertiary/aromatic N) is 1. The molecule has 1 atom stereocenters. The van der Waals surface area contributed by atoms with E-state index in [1.165, 1.54) is 11.1 Å². The molecule has 17 heavy (non-hydrogen) atoms. The average molecular weight is 223 g/mol. The van der Waals surface area contributed by atoms with Crippen LogP contribution in [0.4, 0.5) is 0 Å². The Bertz CT molecular complexity index is 483. The van der Waals surface area contributed by atoms with Crippen LogP contribution in [0, 0.1) is 6.92 Å². The van der Waals surface area contributed by atoms with Crippen LogP contribution in [0.15, 0.2) is 59.6 Å². The maximum Gasteiger partial charge on any atom is 0.0721 e. The first-order valence-electron chi connectivity index (χ1n) is 5.90. The van der Waals surface area contributed by atoms with Gasteiger partial charge in [-0.1, -0.05) is 60.2 Å². The Labute approximate surface area is 103 Å². The van der Waals surface area contributed by atoms with Crippen molar-refractivity contribution in [3.8, 4) is 0 Å². The van der Waals surface area contributed by atoms with E-state index in [4.69, 9.17) is 0 Å². The zero-order valence-electron chi connectivity index (χ0n) is 10.3. The number of benzene rings is 2. The van der Waals surface area contributed by atoms with Crippen molar-refractivity contribution in [1.29, 1.82) is 0 Å². The van der Waals surface area contributed by atoms with E-state index in [1.54, 1.807) is 0 Å². The molecule has 2 rings (SSSR count). The first kappa shape index (κ1) is 11.6. The van der Waals surface area contributed by atoms with Crippen molar-refractivity contribution in [2.75, 3.05) is 0 Å². The van der Waals surface area contributed by atoms with E-state index < -0.39 is 0 Å². The average Bonchev–Trinajstić information content (AvgIpc) is 2.39. The van der Waals surface area contributed by atoms with Crippen LogP contribution < -0.4 is 0 Å². The molecular formula is C16H17N. The number of hydrogen-bond donors (Lipinski definition) is 0. The van der Waals surface area contributed by atoms with Crippen molar-refractivity contribution in [1.82, 2.24) is 0 Å². The van der Waals surface area contributed by atoms with Crippen LogP contribution in [0.3, 0.4) is 0 Å². The summed E-state index contributed by atoms with van der Waals surface area (Å²) in [6.45, 7) is 4.20. The zero-order chi connectivity index (χ0) is 12.1.